The number of hydrogen-bond donors (Lipinski definition) is 3. The quantitative estimate of drug-likeness (QED) is 0.322. The van der Waals surface area contributed by atoms with Crippen molar-refractivity contribution in [3.8, 4) is 11.3 Å². The third-order valence-corrected chi connectivity index (χ3v) is 6.49. The number of imidazole rings is 1. The lowest BCUT2D eigenvalue weighted by atomic mass is 10.0. The van der Waals surface area contributed by atoms with Gasteiger partial charge in [0.05, 0.1) is 18.3 Å². The Balaban J connectivity index is 1.46. The number of aryl methyl sites for hydroxylation is 1. The van der Waals surface area contributed by atoms with Gasteiger partial charge in [-0.2, -0.15) is 18.2 Å². The Labute approximate surface area is 213 Å². The lowest BCUT2D eigenvalue weighted by molar-refractivity contribution is -0.140. The van der Waals surface area contributed by atoms with Gasteiger partial charge < -0.3 is 25.2 Å². The van der Waals surface area contributed by atoms with Crippen molar-refractivity contribution in [3.05, 3.63) is 30.2 Å². The summed E-state index contributed by atoms with van der Waals surface area (Å²) in [5.41, 5.74) is 1.99. The number of halogens is 4. The Hall–Kier alpha value is -4.01. The van der Waals surface area contributed by atoms with Gasteiger partial charge in [0.15, 0.2) is 11.5 Å². The van der Waals surface area contributed by atoms with Crippen molar-refractivity contribution >= 4 is 34.4 Å². The lowest BCUT2D eigenvalue weighted by Gasteiger charge is -2.34. The van der Waals surface area contributed by atoms with Crippen molar-refractivity contribution in [3.63, 3.8) is 0 Å². The van der Waals surface area contributed by atoms with E-state index in [1.165, 1.54) is 16.3 Å². The van der Waals surface area contributed by atoms with Gasteiger partial charge in [-0.05, 0) is 31.5 Å². The number of amides is 1. The second-order valence-electron chi connectivity index (χ2n) is 9.01. The molecule has 0 bridgehead atoms. The second-order valence-corrected chi connectivity index (χ2v) is 9.01. The number of fused-ring (bicyclic) bond motifs is 2. The minimum Gasteiger partial charge on any atom is -0.387 e. The molecule has 1 fully saturated rings. The summed E-state index contributed by atoms with van der Waals surface area (Å²) in [6, 6.07) is 4.36. The van der Waals surface area contributed by atoms with Gasteiger partial charge in [-0.15, -0.1) is 5.10 Å². The number of carbonyl (C=O) groups is 1. The highest BCUT2D eigenvalue weighted by molar-refractivity contribution is 5.89. The maximum Gasteiger partial charge on any atom is 0.406 e. The summed E-state index contributed by atoms with van der Waals surface area (Å²) in [5, 5.41) is 19.4. The largest absolute Gasteiger partial charge is 0.406 e. The topological polar surface area (TPSA) is 126 Å². The summed E-state index contributed by atoms with van der Waals surface area (Å²) in [7, 11) is 1.65. The normalized spacial score (nSPS) is 18.3. The molecule has 202 valence electrons. The van der Waals surface area contributed by atoms with Crippen LogP contribution in [0.15, 0.2) is 24.4 Å². The van der Waals surface area contributed by atoms with E-state index in [-0.39, 0.29) is 30.5 Å². The molecule has 15 heteroatoms. The number of alkyl halides is 4. The minimum atomic E-state index is -4.43. The number of nitrogens with zero attached hydrogens (tertiary/aromatic N) is 7. The van der Waals surface area contributed by atoms with Crippen molar-refractivity contribution in [2.45, 2.75) is 38.3 Å². The Kier molecular flexibility index (Phi) is 6.54. The number of carbonyl (C=O) groups excluding carboxylic acids is 1. The van der Waals surface area contributed by atoms with Crippen LogP contribution in [0.3, 0.4) is 0 Å². The number of piperidine rings is 1. The van der Waals surface area contributed by atoms with Crippen LogP contribution in [0.4, 0.5) is 29.3 Å². The molecule has 5 rings (SSSR count). The number of aliphatic hydroxyl groups excluding tert-OH is 1. The fourth-order valence-electron chi connectivity index (χ4n) is 4.66. The Morgan fingerprint density at radius 2 is 2.00 bits per heavy atom. The first-order valence-corrected chi connectivity index (χ1v) is 11.9. The monoisotopic (exact) mass is 535 g/mol. The maximum absolute atomic E-state index is 14.8. The molecular weight excluding hydrogens is 510 g/mol. The zero-order valence-corrected chi connectivity index (χ0v) is 20.5. The van der Waals surface area contributed by atoms with E-state index in [4.69, 9.17) is 5.11 Å². The average Bonchev–Trinajstić information content (AvgIpc) is 3.43. The van der Waals surface area contributed by atoms with Crippen LogP contribution in [0.5, 0.6) is 0 Å². The van der Waals surface area contributed by atoms with Crippen LogP contribution >= 0.6 is 0 Å². The fraction of sp³-hybridized carbons (Fsp3) is 0.435. The lowest BCUT2D eigenvalue weighted by Crippen LogP contribution is -2.50. The van der Waals surface area contributed by atoms with E-state index in [2.05, 4.69) is 30.7 Å². The molecule has 0 saturated carbocycles. The molecular formula is C23H25F4N9O2. The third kappa shape index (κ3) is 4.80. The molecule has 2 atom stereocenters. The summed E-state index contributed by atoms with van der Waals surface area (Å²) in [4.78, 5) is 26.1. The van der Waals surface area contributed by atoms with Gasteiger partial charge in [-0.3, -0.25) is 4.79 Å². The van der Waals surface area contributed by atoms with Gasteiger partial charge >= 0.3 is 6.18 Å². The summed E-state index contributed by atoms with van der Waals surface area (Å²) < 4.78 is 56.8. The van der Waals surface area contributed by atoms with Crippen LogP contribution in [-0.2, 0) is 11.3 Å². The van der Waals surface area contributed by atoms with Gasteiger partial charge in [0, 0.05) is 25.4 Å². The molecule has 1 aliphatic rings. The summed E-state index contributed by atoms with van der Waals surface area (Å²) in [6.45, 7) is -0.239. The van der Waals surface area contributed by atoms with Crippen LogP contribution < -0.4 is 10.6 Å². The van der Waals surface area contributed by atoms with Gasteiger partial charge in [0.1, 0.15) is 36.2 Å². The average molecular weight is 536 g/mol. The van der Waals surface area contributed by atoms with E-state index in [1.54, 1.807) is 31.4 Å². The predicted octanol–water partition coefficient (Wildman–Crippen LogP) is 2.40. The number of likely N-dealkylation sites (tertiary alicyclic amines) is 1. The Bertz CT molecular complexity index is 1500. The van der Waals surface area contributed by atoms with Crippen LogP contribution in [0.2, 0.25) is 0 Å². The first-order chi connectivity index (χ1) is 18.1. The summed E-state index contributed by atoms with van der Waals surface area (Å²) in [6.07, 6.45) is -3.87. The second kappa shape index (κ2) is 9.70. The van der Waals surface area contributed by atoms with Crippen molar-refractivity contribution in [2.75, 3.05) is 37.4 Å². The zero-order valence-electron chi connectivity index (χ0n) is 20.5. The summed E-state index contributed by atoms with van der Waals surface area (Å²) in [5.74, 6) is 0.231. The number of pyridine rings is 1. The molecule has 0 spiro atoms. The van der Waals surface area contributed by atoms with Crippen LogP contribution in [0, 0.1) is 6.92 Å². The molecule has 4 aromatic rings. The van der Waals surface area contributed by atoms with Gasteiger partial charge in [0.25, 0.3) is 0 Å². The summed E-state index contributed by atoms with van der Waals surface area (Å²) >= 11 is 0. The number of hydrogen-bond acceptors (Lipinski definition) is 8. The highest BCUT2D eigenvalue weighted by atomic mass is 19.4. The number of anilines is 2. The molecule has 0 radical (unpaired) electrons. The van der Waals surface area contributed by atoms with Gasteiger partial charge in [-0.1, -0.05) is 0 Å². The molecule has 1 saturated heterocycles. The molecule has 5 heterocycles. The number of rotatable bonds is 6. The van der Waals surface area contributed by atoms with E-state index < -0.39 is 37.4 Å². The van der Waals surface area contributed by atoms with Crippen molar-refractivity contribution < 1.29 is 27.5 Å². The molecule has 0 aliphatic carbocycles. The van der Waals surface area contributed by atoms with E-state index >= 15 is 0 Å². The Morgan fingerprint density at radius 1 is 1.21 bits per heavy atom. The van der Waals surface area contributed by atoms with Crippen LogP contribution in [0.25, 0.3) is 27.9 Å². The predicted molar refractivity (Wildman–Crippen MR) is 130 cm³/mol. The first kappa shape index (κ1) is 25.6. The van der Waals surface area contributed by atoms with Crippen molar-refractivity contribution in [1.82, 2.24) is 34.0 Å². The highest BCUT2D eigenvalue weighted by Gasteiger charge is 2.32. The van der Waals surface area contributed by atoms with E-state index in [9.17, 15) is 22.4 Å². The van der Waals surface area contributed by atoms with Crippen LogP contribution in [0.1, 0.15) is 12.2 Å². The molecule has 2 unspecified atom stereocenters. The molecule has 3 N–H and O–H groups in total. The van der Waals surface area contributed by atoms with Crippen LogP contribution in [-0.4, -0.2) is 90.2 Å². The molecule has 1 aliphatic heterocycles. The van der Waals surface area contributed by atoms with Crippen molar-refractivity contribution in [2.24, 2.45) is 0 Å². The van der Waals surface area contributed by atoms with E-state index in [1.807, 2.05) is 0 Å². The molecule has 0 aromatic carbocycles. The van der Waals surface area contributed by atoms with E-state index in [0.717, 1.165) is 4.57 Å². The smallest absolute Gasteiger partial charge is 0.387 e. The SMILES string of the molecule is CNc1nc(NC2CCN(C(=O)CO)CC2F)nn2ccc(-c3ccc4nc(C)n(CC(F)(F)F)c4n3)c12. The molecule has 11 nitrogen and oxygen atoms in total. The Morgan fingerprint density at radius 3 is 2.68 bits per heavy atom. The van der Waals surface area contributed by atoms with Gasteiger partial charge in [-0.25, -0.2) is 18.9 Å². The van der Waals surface area contributed by atoms with Crippen molar-refractivity contribution in [1.29, 1.82) is 0 Å². The molecule has 4 aromatic heterocycles. The fourth-order valence-corrected chi connectivity index (χ4v) is 4.66. The number of aliphatic hydroxyl groups is 1. The molecule has 38 heavy (non-hydrogen) atoms. The number of aromatic nitrogens is 6. The third-order valence-electron chi connectivity index (χ3n) is 6.49. The standard InChI is InChI=1S/C23H25F4N9O2/c1-12-29-17-4-3-15(30-21(17)35(12)11-23(25,26)27)13-5-8-36-19(13)20(28-2)32-22(33-36)31-16-6-7-34(9-14(16)24)18(38)10-37/h3-5,8,14,16,37H,6-7,9-11H2,1-2H3,(H2,28,31,32,33). The molecule has 1 amide bonds. The van der Waals surface area contributed by atoms with E-state index in [0.29, 0.717) is 34.5 Å². The number of nitrogens with one attached hydrogen (secondary N) is 2. The first-order valence-electron chi connectivity index (χ1n) is 11.9. The minimum absolute atomic E-state index is 0.113. The zero-order chi connectivity index (χ0) is 27.2. The maximum atomic E-state index is 14.8. The van der Waals surface area contributed by atoms with Gasteiger partial charge in [0.2, 0.25) is 11.9 Å². The highest BCUT2D eigenvalue weighted by Crippen LogP contribution is 2.31.